The van der Waals surface area contributed by atoms with E-state index in [1.54, 1.807) is 0 Å². The Morgan fingerprint density at radius 1 is 0.415 bits per heavy atom. The summed E-state index contributed by atoms with van der Waals surface area (Å²) >= 11 is 0. The Morgan fingerprint density at radius 3 is 1.49 bits per heavy atom. The molecule has 0 N–H and O–H groups in total. The average molecular weight is 527 g/mol. The molecule has 0 aromatic heterocycles. The van der Waals surface area contributed by atoms with Crippen LogP contribution in [0.4, 0.5) is 22.7 Å². The molecule has 0 atom stereocenters. The number of nitroso groups, excluding NO2 is 1. The number of nitrogens with zero attached hydrogens (tertiary/aromatic N) is 2. The van der Waals surface area contributed by atoms with E-state index in [2.05, 4.69) is 131 Å². The van der Waals surface area contributed by atoms with Crippen molar-refractivity contribution in [2.75, 3.05) is 4.90 Å². The van der Waals surface area contributed by atoms with E-state index in [1.165, 1.54) is 11.1 Å². The smallest absolute Gasteiger partial charge is 0.116 e. The van der Waals surface area contributed by atoms with Crippen LogP contribution in [0.3, 0.4) is 0 Å². The lowest BCUT2D eigenvalue weighted by Gasteiger charge is -2.27. The standard InChI is InChI=1S/C38H26N2O/c41-39-36-25-26-37(35-24-19-31-13-7-8-14-34(31)38(35)36)40(32-20-15-29(16-21-32)27-9-3-1-4-10-27)33-22-17-30(18-23-33)28-11-5-2-6-12-28/h1-26H. The Bertz CT molecular complexity index is 1900. The van der Waals surface area contributed by atoms with E-state index in [4.69, 9.17) is 0 Å². The van der Waals surface area contributed by atoms with Gasteiger partial charge in [0.1, 0.15) is 5.69 Å². The minimum Gasteiger partial charge on any atom is -0.310 e. The van der Waals surface area contributed by atoms with Crippen LogP contribution >= 0.6 is 0 Å². The largest absolute Gasteiger partial charge is 0.310 e. The highest BCUT2D eigenvalue weighted by Gasteiger charge is 2.19. The maximum Gasteiger partial charge on any atom is 0.116 e. The van der Waals surface area contributed by atoms with Gasteiger partial charge in [-0.3, -0.25) is 0 Å². The molecule has 0 aliphatic carbocycles. The Kier molecular flexibility index (Phi) is 6.31. The summed E-state index contributed by atoms with van der Waals surface area (Å²) in [6.07, 6.45) is 0. The third kappa shape index (κ3) is 4.54. The number of rotatable bonds is 6. The Morgan fingerprint density at radius 2 is 0.927 bits per heavy atom. The lowest BCUT2D eigenvalue weighted by atomic mass is 9.98. The molecule has 0 bridgehead atoms. The molecule has 0 spiro atoms. The number of fused-ring (bicyclic) bond motifs is 3. The molecule has 7 aromatic carbocycles. The number of hydrogen-bond acceptors (Lipinski definition) is 3. The monoisotopic (exact) mass is 526 g/mol. The zero-order chi connectivity index (χ0) is 27.6. The van der Waals surface area contributed by atoms with Crippen LogP contribution in [0.15, 0.2) is 163 Å². The van der Waals surface area contributed by atoms with Gasteiger partial charge in [-0.1, -0.05) is 121 Å². The second-order valence-corrected chi connectivity index (χ2v) is 10.1. The summed E-state index contributed by atoms with van der Waals surface area (Å²) in [4.78, 5) is 14.2. The SMILES string of the molecule is O=Nc1ccc(N(c2ccc(-c3ccccc3)cc2)c2ccc(-c3ccccc3)cc2)c2ccc3ccccc3c12. The van der Waals surface area contributed by atoms with Crippen molar-refractivity contribution in [1.29, 1.82) is 0 Å². The summed E-state index contributed by atoms with van der Waals surface area (Å²) in [6.45, 7) is 0. The van der Waals surface area contributed by atoms with E-state index in [-0.39, 0.29) is 0 Å². The highest BCUT2D eigenvalue weighted by molar-refractivity contribution is 6.17. The summed E-state index contributed by atoms with van der Waals surface area (Å²) in [6, 6.07) is 54.3. The van der Waals surface area contributed by atoms with Crippen molar-refractivity contribution >= 4 is 44.3 Å². The minimum atomic E-state index is 0.444. The highest BCUT2D eigenvalue weighted by Crippen LogP contribution is 2.44. The molecule has 0 heterocycles. The first kappa shape index (κ1) is 24.5. The van der Waals surface area contributed by atoms with Gasteiger partial charge in [0.25, 0.3) is 0 Å². The van der Waals surface area contributed by atoms with Crippen LogP contribution in [0.25, 0.3) is 43.8 Å². The fourth-order valence-electron chi connectivity index (χ4n) is 5.66. The van der Waals surface area contributed by atoms with Gasteiger partial charge in [-0.05, 0) is 74.6 Å². The van der Waals surface area contributed by atoms with Gasteiger partial charge in [0.05, 0.1) is 5.69 Å². The van der Waals surface area contributed by atoms with Gasteiger partial charge in [-0.15, -0.1) is 4.91 Å². The van der Waals surface area contributed by atoms with E-state index >= 15 is 0 Å². The van der Waals surface area contributed by atoms with Gasteiger partial charge in [0, 0.05) is 22.1 Å². The molecule has 7 aromatic rings. The fraction of sp³-hybridized carbons (Fsp3) is 0. The third-order valence-corrected chi connectivity index (χ3v) is 7.66. The minimum absolute atomic E-state index is 0.444. The molecular weight excluding hydrogens is 500 g/mol. The summed E-state index contributed by atoms with van der Waals surface area (Å²) in [5, 5.41) is 7.34. The van der Waals surface area contributed by atoms with Crippen LogP contribution in [0, 0.1) is 4.91 Å². The molecule has 0 saturated carbocycles. The zero-order valence-corrected chi connectivity index (χ0v) is 22.3. The van der Waals surface area contributed by atoms with Gasteiger partial charge in [0.2, 0.25) is 0 Å². The van der Waals surface area contributed by atoms with E-state index < -0.39 is 0 Å². The quantitative estimate of drug-likeness (QED) is 0.159. The van der Waals surface area contributed by atoms with Crippen molar-refractivity contribution in [3.05, 3.63) is 163 Å². The molecule has 0 saturated heterocycles. The number of hydrogen-bond donors (Lipinski definition) is 0. The maximum atomic E-state index is 12.0. The Balaban J connectivity index is 1.43. The fourth-order valence-corrected chi connectivity index (χ4v) is 5.66. The van der Waals surface area contributed by atoms with Crippen molar-refractivity contribution in [3.63, 3.8) is 0 Å². The molecule has 7 rings (SSSR count). The van der Waals surface area contributed by atoms with E-state index in [1.807, 2.05) is 36.4 Å². The van der Waals surface area contributed by atoms with Crippen molar-refractivity contribution in [2.45, 2.75) is 0 Å². The van der Waals surface area contributed by atoms with Crippen molar-refractivity contribution in [1.82, 2.24) is 0 Å². The van der Waals surface area contributed by atoms with Crippen LogP contribution < -0.4 is 4.90 Å². The van der Waals surface area contributed by atoms with Crippen LogP contribution in [0.2, 0.25) is 0 Å². The third-order valence-electron chi connectivity index (χ3n) is 7.66. The summed E-state index contributed by atoms with van der Waals surface area (Å²) in [5.41, 5.74) is 8.15. The predicted molar refractivity (Wildman–Crippen MR) is 172 cm³/mol. The molecule has 0 fully saturated rings. The predicted octanol–water partition coefficient (Wildman–Crippen LogP) is 11.2. The van der Waals surface area contributed by atoms with Gasteiger partial charge in [-0.25, -0.2) is 0 Å². The van der Waals surface area contributed by atoms with Gasteiger partial charge in [-0.2, -0.15) is 0 Å². The number of anilines is 3. The lowest BCUT2D eigenvalue weighted by Crippen LogP contribution is -2.10. The molecule has 3 heteroatoms. The van der Waals surface area contributed by atoms with Crippen LogP contribution in [0.1, 0.15) is 0 Å². The lowest BCUT2D eigenvalue weighted by molar-refractivity contribution is 1.30. The molecule has 0 aliphatic heterocycles. The van der Waals surface area contributed by atoms with E-state index in [0.29, 0.717) is 5.69 Å². The van der Waals surface area contributed by atoms with Crippen molar-refractivity contribution in [3.8, 4) is 22.3 Å². The van der Waals surface area contributed by atoms with Gasteiger partial charge >= 0.3 is 0 Å². The Hall–Kier alpha value is -5.54. The number of benzene rings is 7. The molecule has 0 unspecified atom stereocenters. The molecule has 0 aliphatic rings. The molecular formula is C38H26N2O. The van der Waals surface area contributed by atoms with E-state index in [0.717, 1.165) is 49.7 Å². The molecule has 194 valence electrons. The second-order valence-electron chi connectivity index (χ2n) is 10.1. The normalized spacial score (nSPS) is 11.0. The van der Waals surface area contributed by atoms with Crippen LogP contribution in [-0.2, 0) is 0 Å². The molecule has 41 heavy (non-hydrogen) atoms. The average Bonchev–Trinajstić information content (AvgIpc) is 3.06. The molecule has 0 amide bonds. The van der Waals surface area contributed by atoms with Crippen molar-refractivity contribution < 1.29 is 0 Å². The van der Waals surface area contributed by atoms with Gasteiger partial charge < -0.3 is 4.90 Å². The first-order valence-electron chi connectivity index (χ1n) is 13.7. The van der Waals surface area contributed by atoms with Gasteiger partial charge in [0.15, 0.2) is 0 Å². The first-order valence-corrected chi connectivity index (χ1v) is 13.7. The summed E-state index contributed by atoms with van der Waals surface area (Å²) < 4.78 is 0. The summed E-state index contributed by atoms with van der Waals surface area (Å²) in [7, 11) is 0. The topological polar surface area (TPSA) is 32.7 Å². The second kappa shape index (κ2) is 10.6. The Labute approximate surface area is 238 Å². The molecule has 0 radical (unpaired) electrons. The first-order chi connectivity index (χ1) is 20.3. The summed E-state index contributed by atoms with van der Waals surface area (Å²) in [5.74, 6) is 0. The van der Waals surface area contributed by atoms with Crippen molar-refractivity contribution in [2.24, 2.45) is 5.18 Å². The molecule has 3 nitrogen and oxygen atoms in total. The highest BCUT2D eigenvalue weighted by atomic mass is 16.3. The van der Waals surface area contributed by atoms with Crippen LogP contribution in [-0.4, -0.2) is 0 Å². The maximum absolute atomic E-state index is 12.0. The van der Waals surface area contributed by atoms with E-state index in [9.17, 15) is 4.91 Å². The zero-order valence-electron chi connectivity index (χ0n) is 22.3. The van der Waals surface area contributed by atoms with Crippen LogP contribution in [0.5, 0.6) is 0 Å².